The van der Waals surface area contributed by atoms with Crippen molar-refractivity contribution >= 4 is 29.3 Å². The maximum absolute atomic E-state index is 12.2. The summed E-state index contributed by atoms with van der Waals surface area (Å²) in [6.07, 6.45) is 2.87. The van der Waals surface area contributed by atoms with Crippen molar-refractivity contribution in [1.82, 2.24) is 5.32 Å². The number of anilines is 1. The van der Waals surface area contributed by atoms with E-state index in [-0.39, 0.29) is 23.0 Å². The Morgan fingerprint density at radius 2 is 1.74 bits per heavy atom. The molecular weight excluding hydrogens is 346 g/mol. The summed E-state index contributed by atoms with van der Waals surface area (Å²) in [6.45, 7) is 5.67. The van der Waals surface area contributed by atoms with Gasteiger partial charge in [-0.3, -0.25) is 19.7 Å². The molecule has 0 bridgehead atoms. The van der Waals surface area contributed by atoms with Gasteiger partial charge in [0.05, 0.1) is 4.92 Å². The molecule has 140 valence electrons. The molecule has 2 amide bonds. The van der Waals surface area contributed by atoms with Crippen molar-refractivity contribution < 1.29 is 14.5 Å². The van der Waals surface area contributed by atoms with Crippen molar-refractivity contribution in [1.29, 1.82) is 0 Å². The van der Waals surface area contributed by atoms with Gasteiger partial charge in [0.2, 0.25) is 5.91 Å². The smallest absolute Gasteiger partial charge is 0.269 e. The maximum atomic E-state index is 12.2. The number of rotatable bonds is 5. The van der Waals surface area contributed by atoms with E-state index in [1.165, 1.54) is 18.2 Å². The van der Waals surface area contributed by atoms with Crippen LogP contribution >= 0.6 is 0 Å². The third-order valence-electron chi connectivity index (χ3n) is 3.41. The number of nitro groups is 1. The van der Waals surface area contributed by atoms with Crippen LogP contribution in [0.15, 0.2) is 54.6 Å². The Morgan fingerprint density at radius 3 is 2.33 bits per heavy atom. The predicted octanol–water partition coefficient (Wildman–Crippen LogP) is 3.78. The van der Waals surface area contributed by atoms with Gasteiger partial charge in [0, 0.05) is 35.0 Å². The highest BCUT2D eigenvalue weighted by Crippen LogP contribution is 2.14. The highest BCUT2D eigenvalue weighted by Gasteiger charge is 2.15. The number of nitrogens with one attached hydrogen (secondary N) is 2. The van der Waals surface area contributed by atoms with Crippen LogP contribution in [-0.4, -0.2) is 22.3 Å². The number of nitro benzene ring substituents is 1. The van der Waals surface area contributed by atoms with Crippen molar-refractivity contribution in [3.63, 3.8) is 0 Å². The first kappa shape index (κ1) is 19.8. The van der Waals surface area contributed by atoms with Crippen LogP contribution in [0, 0.1) is 10.1 Å². The Hall–Kier alpha value is -3.48. The van der Waals surface area contributed by atoms with Gasteiger partial charge in [-0.1, -0.05) is 6.07 Å². The molecule has 7 heteroatoms. The minimum atomic E-state index is -0.483. The van der Waals surface area contributed by atoms with Gasteiger partial charge in [-0.15, -0.1) is 0 Å². The molecule has 0 aliphatic rings. The van der Waals surface area contributed by atoms with E-state index >= 15 is 0 Å². The molecule has 0 fully saturated rings. The van der Waals surface area contributed by atoms with E-state index in [0.717, 1.165) is 0 Å². The number of hydrogen-bond donors (Lipinski definition) is 2. The number of carbonyl (C=O) groups is 2. The third-order valence-corrected chi connectivity index (χ3v) is 3.41. The maximum Gasteiger partial charge on any atom is 0.269 e. The molecule has 0 radical (unpaired) electrons. The van der Waals surface area contributed by atoms with Crippen molar-refractivity contribution in [3.05, 3.63) is 75.8 Å². The quantitative estimate of drug-likeness (QED) is 0.477. The van der Waals surface area contributed by atoms with Crippen molar-refractivity contribution in [2.45, 2.75) is 26.3 Å². The molecule has 0 spiro atoms. The lowest BCUT2D eigenvalue weighted by Gasteiger charge is -2.20. The van der Waals surface area contributed by atoms with E-state index in [1.54, 1.807) is 42.5 Å². The molecule has 0 saturated heterocycles. The van der Waals surface area contributed by atoms with Crippen LogP contribution in [0.3, 0.4) is 0 Å². The molecular formula is C20H21N3O4. The summed E-state index contributed by atoms with van der Waals surface area (Å²) in [5.41, 5.74) is 1.23. The van der Waals surface area contributed by atoms with Gasteiger partial charge in [0.15, 0.2) is 0 Å². The van der Waals surface area contributed by atoms with Crippen molar-refractivity contribution in [2.24, 2.45) is 0 Å². The van der Waals surface area contributed by atoms with Crippen LogP contribution in [-0.2, 0) is 4.79 Å². The zero-order chi connectivity index (χ0) is 20.0. The minimum Gasteiger partial charge on any atom is -0.347 e. The standard InChI is InChI=1S/C20H21N3O4/c1-20(2,3)22-19(25)15-5-4-6-16(13-15)21-18(24)12-9-14-7-10-17(11-8-14)23(26)27/h4-13H,1-3H3,(H,21,24)(H,22,25)/b12-9+. The van der Waals surface area contributed by atoms with Gasteiger partial charge in [-0.05, 0) is 62.7 Å². The van der Waals surface area contributed by atoms with Crippen LogP contribution < -0.4 is 10.6 Å². The van der Waals surface area contributed by atoms with E-state index in [0.29, 0.717) is 16.8 Å². The molecule has 0 saturated carbocycles. The van der Waals surface area contributed by atoms with Gasteiger partial charge in [0.1, 0.15) is 0 Å². The zero-order valence-corrected chi connectivity index (χ0v) is 15.4. The van der Waals surface area contributed by atoms with Crippen LogP contribution in [0.2, 0.25) is 0 Å². The summed E-state index contributed by atoms with van der Waals surface area (Å²) in [6, 6.07) is 12.5. The molecule has 7 nitrogen and oxygen atoms in total. The van der Waals surface area contributed by atoms with E-state index in [9.17, 15) is 19.7 Å². The van der Waals surface area contributed by atoms with Crippen molar-refractivity contribution in [2.75, 3.05) is 5.32 Å². The van der Waals surface area contributed by atoms with E-state index in [2.05, 4.69) is 10.6 Å². The number of non-ortho nitro benzene ring substituents is 1. The first-order valence-electron chi connectivity index (χ1n) is 8.30. The highest BCUT2D eigenvalue weighted by atomic mass is 16.6. The summed E-state index contributed by atoms with van der Waals surface area (Å²) in [4.78, 5) is 34.4. The largest absolute Gasteiger partial charge is 0.347 e. The molecule has 27 heavy (non-hydrogen) atoms. The van der Waals surface area contributed by atoms with E-state index < -0.39 is 4.92 Å². The normalized spacial score (nSPS) is 11.2. The molecule has 0 aliphatic carbocycles. The molecule has 2 aromatic carbocycles. The topological polar surface area (TPSA) is 101 Å². The lowest BCUT2D eigenvalue weighted by atomic mass is 10.1. The predicted molar refractivity (Wildman–Crippen MR) is 104 cm³/mol. The molecule has 0 aliphatic heterocycles. The Labute approximate surface area is 157 Å². The molecule has 0 atom stereocenters. The first-order valence-corrected chi connectivity index (χ1v) is 8.30. The number of hydrogen-bond acceptors (Lipinski definition) is 4. The van der Waals surface area contributed by atoms with Crippen LogP contribution in [0.4, 0.5) is 11.4 Å². The second-order valence-electron chi connectivity index (χ2n) is 6.96. The molecule has 0 aromatic heterocycles. The van der Waals surface area contributed by atoms with Gasteiger partial charge in [-0.25, -0.2) is 0 Å². The number of nitrogens with zero attached hydrogens (tertiary/aromatic N) is 1. The number of carbonyl (C=O) groups excluding carboxylic acids is 2. The Balaban J connectivity index is 2.02. The van der Waals surface area contributed by atoms with E-state index in [1.807, 2.05) is 20.8 Å². The Morgan fingerprint density at radius 1 is 1.07 bits per heavy atom. The lowest BCUT2D eigenvalue weighted by Crippen LogP contribution is -2.40. The first-order chi connectivity index (χ1) is 12.6. The third kappa shape index (κ3) is 6.39. The number of benzene rings is 2. The molecule has 0 unspecified atom stereocenters. The lowest BCUT2D eigenvalue weighted by molar-refractivity contribution is -0.384. The average molecular weight is 367 g/mol. The monoisotopic (exact) mass is 367 g/mol. The number of amides is 2. The van der Waals surface area contributed by atoms with Gasteiger partial charge >= 0.3 is 0 Å². The summed E-state index contributed by atoms with van der Waals surface area (Å²) >= 11 is 0. The van der Waals surface area contributed by atoms with Crippen LogP contribution in [0.25, 0.3) is 6.08 Å². The van der Waals surface area contributed by atoms with Gasteiger partial charge in [-0.2, -0.15) is 0 Å². The Bertz CT molecular complexity index is 881. The minimum absolute atomic E-state index is 0.0121. The second-order valence-corrected chi connectivity index (χ2v) is 6.96. The highest BCUT2D eigenvalue weighted by molar-refractivity contribution is 6.03. The average Bonchev–Trinajstić information content (AvgIpc) is 2.59. The fourth-order valence-corrected chi connectivity index (χ4v) is 2.21. The fraction of sp³-hybridized carbons (Fsp3) is 0.200. The van der Waals surface area contributed by atoms with Crippen LogP contribution in [0.1, 0.15) is 36.7 Å². The summed E-state index contributed by atoms with van der Waals surface area (Å²) < 4.78 is 0. The van der Waals surface area contributed by atoms with Crippen molar-refractivity contribution in [3.8, 4) is 0 Å². The zero-order valence-electron chi connectivity index (χ0n) is 15.4. The van der Waals surface area contributed by atoms with Crippen LogP contribution in [0.5, 0.6) is 0 Å². The summed E-state index contributed by atoms with van der Waals surface area (Å²) in [5, 5.41) is 16.2. The SMILES string of the molecule is CC(C)(C)NC(=O)c1cccc(NC(=O)/C=C/c2ccc([N+](=O)[O-])cc2)c1. The van der Waals surface area contributed by atoms with E-state index in [4.69, 9.17) is 0 Å². The molecule has 2 aromatic rings. The van der Waals surface area contributed by atoms with Gasteiger partial charge < -0.3 is 10.6 Å². The molecule has 2 N–H and O–H groups in total. The second kappa shape index (κ2) is 8.27. The van der Waals surface area contributed by atoms with Gasteiger partial charge in [0.25, 0.3) is 11.6 Å². The summed E-state index contributed by atoms with van der Waals surface area (Å²) in [7, 11) is 0. The molecule has 2 rings (SSSR count). The fourth-order valence-electron chi connectivity index (χ4n) is 2.21. The summed E-state index contributed by atoms with van der Waals surface area (Å²) in [5.74, 6) is -0.596. The molecule has 0 heterocycles. The Kier molecular flexibility index (Phi) is 6.07.